The number of rotatable bonds is 15. The molecule has 16 heteroatoms. The van der Waals surface area contributed by atoms with Crippen molar-refractivity contribution in [2.24, 2.45) is 11.5 Å². The van der Waals surface area contributed by atoms with Gasteiger partial charge in [-0.25, -0.2) is 9.59 Å². The fraction of sp³-hybridized carbons (Fsp3) is 0.333. The van der Waals surface area contributed by atoms with Gasteiger partial charge in [0.1, 0.15) is 12.1 Å². The van der Waals surface area contributed by atoms with Gasteiger partial charge in [-0.05, 0) is 22.3 Å². The molecule has 0 aliphatic heterocycles. The second-order valence-corrected chi connectivity index (χ2v) is 10.7. The molecule has 2 amide bonds. The van der Waals surface area contributed by atoms with E-state index in [1.54, 1.807) is 0 Å². The van der Waals surface area contributed by atoms with Crippen LogP contribution in [-0.2, 0) is 32.3 Å². The molecule has 0 aliphatic carbocycles. The highest BCUT2D eigenvalue weighted by atomic mass is 33.1. The molecule has 0 radical (unpaired) electrons. The number of alkyl halides is 4. The Labute approximate surface area is 233 Å². The Morgan fingerprint density at radius 3 is 1.23 bits per heavy atom. The highest BCUT2D eigenvalue weighted by Gasteiger charge is 2.50. The lowest BCUT2D eigenvalue weighted by Gasteiger charge is -2.25. The highest BCUT2D eigenvalue weighted by Crippen LogP contribution is 2.34. The van der Waals surface area contributed by atoms with Gasteiger partial charge in [-0.3, -0.25) is 9.59 Å². The number of carboxylic acid groups (broad SMARTS) is 2. The van der Waals surface area contributed by atoms with E-state index in [4.69, 9.17) is 21.7 Å². The molecule has 10 nitrogen and oxygen atoms in total. The number of carboxylic acids is 2. The van der Waals surface area contributed by atoms with Crippen molar-refractivity contribution in [2.75, 3.05) is 11.5 Å². The first-order valence-corrected chi connectivity index (χ1v) is 13.9. The van der Waals surface area contributed by atoms with Gasteiger partial charge in [0.2, 0.25) is 11.8 Å². The number of nitrogens with one attached hydrogen (secondary N) is 2. The van der Waals surface area contributed by atoms with Crippen LogP contribution in [0.5, 0.6) is 0 Å². The average Bonchev–Trinajstić information content (AvgIpc) is 2.92. The molecular weight excluding hydrogens is 580 g/mol. The summed E-state index contributed by atoms with van der Waals surface area (Å²) in [5, 5.41) is 21.9. The minimum absolute atomic E-state index is 0.114. The summed E-state index contributed by atoms with van der Waals surface area (Å²) in [7, 11) is 1.42. The lowest BCUT2D eigenvalue weighted by Crippen LogP contribution is -2.46. The number of carbonyl (C=O) groups is 4. The fourth-order valence-corrected chi connectivity index (χ4v) is 4.99. The minimum Gasteiger partial charge on any atom is -0.477 e. The summed E-state index contributed by atoms with van der Waals surface area (Å²) in [6, 6.07) is 6.06. The molecule has 2 unspecified atom stereocenters. The summed E-state index contributed by atoms with van der Waals surface area (Å²) in [5.74, 6) is -16.6. The van der Waals surface area contributed by atoms with Gasteiger partial charge in [-0.2, -0.15) is 17.6 Å². The van der Waals surface area contributed by atoms with Crippen LogP contribution in [-0.4, -0.2) is 57.3 Å². The monoisotopic (exact) mass is 606 g/mol. The second kappa shape index (κ2) is 14.3. The number of amides is 2. The van der Waals surface area contributed by atoms with Crippen LogP contribution in [0.3, 0.4) is 0 Å². The van der Waals surface area contributed by atoms with E-state index in [1.165, 1.54) is 48.5 Å². The van der Waals surface area contributed by atoms with E-state index in [0.29, 0.717) is 32.7 Å². The lowest BCUT2D eigenvalue weighted by atomic mass is 9.99. The van der Waals surface area contributed by atoms with Gasteiger partial charge in [-0.15, -0.1) is 0 Å². The van der Waals surface area contributed by atoms with Gasteiger partial charge in [-0.1, -0.05) is 70.1 Å². The quantitative estimate of drug-likeness (QED) is 0.1000. The standard InChI is InChI=1S/C24H26F4N4O6S2/c25-23(26,21(35)36)19(15-5-1-13(9-29)2-6-15)31-17(33)11-39-40-12-18(34)32-20(24(27,28)22(37)38)16-7-3-14(10-30)4-8-16/h1-8,19-20H,9-12,29-30H2,(H,31,33)(H,32,34)(H,35,36)(H,37,38). The van der Waals surface area contributed by atoms with Gasteiger partial charge in [0.25, 0.3) is 0 Å². The van der Waals surface area contributed by atoms with Crippen LogP contribution in [0.1, 0.15) is 34.3 Å². The van der Waals surface area contributed by atoms with Crippen LogP contribution in [0.2, 0.25) is 0 Å². The van der Waals surface area contributed by atoms with Crippen molar-refractivity contribution in [2.45, 2.75) is 37.0 Å². The molecular formula is C24H26F4N4O6S2. The molecule has 2 rings (SSSR count). The smallest absolute Gasteiger partial charge is 0.377 e. The van der Waals surface area contributed by atoms with Crippen LogP contribution in [0.15, 0.2) is 48.5 Å². The molecule has 8 N–H and O–H groups in total. The SMILES string of the molecule is NCc1ccc(C(NC(=O)CSSCC(=O)NC(c2ccc(CN)cc2)C(F)(F)C(=O)O)C(F)(F)C(=O)O)cc1. The van der Waals surface area contributed by atoms with Crippen molar-refractivity contribution in [1.29, 1.82) is 0 Å². The van der Waals surface area contributed by atoms with Gasteiger partial charge in [0, 0.05) is 13.1 Å². The molecule has 2 aromatic carbocycles. The van der Waals surface area contributed by atoms with Crippen molar-refractivity contribution in [1.82, 2.24) is 10.6 Å². The van der Waals surface area contributed by atoms with Gasteiger partial charge >= 0.3 is 23.8 Å². The zero-order valence-electron chi connectivity index (χ0n) is 20.6. The molecule has 218 valence electrons. The van der Waals surface area contributed by atoms with E-state index in [9.17, 15) is 36.7 Å². The number of hydrogen-bond donors (Lipinski definition) is 6. The molecule has 0 saturated carbocycles. The average molecular weight is 607 g/mol. The second-order valence-electron chi connectivity index (χ2n) is 8.27. The van der Waals surface area contributed by atoms with E-state index < -0.39 is 59.2 Å². The molecule has 0 heterocycles. The largest absolute Gasteiger partial charge is 0.477 e. The summed E-state index contributed by atoms with van der Waals surface area (Å²) in [6.07, 6.45) is 0. The van der Waals surface area contributed by atoms with Crippen molar-refractivity contribution in [3.05, 3.63) is 70.8 Å². The maximum Gasteiger partial charge on any atom is 0.377 e. The summed E-state index contributed by atoms with van der Waals surface area (Å²) in [4.78, 5) is 46.9. The maximum atomic E-state index is 14.4. The Balaban J connectivity index is 2.00. The minimum atomic E-state index is -4.36. The number of benzene rings is 2. The van der Waals surface area contributed by atoms with Crippen LogP contribution in [0.4, 0.5) is 17.6 Å². The Morgan fingerprint density at radius 1 is 0.675 bits per heavy atom. The molecule has 0 aromatic heterocycles. The van der Waals surface area contributed by atoms with E-state index >= 15 is 0 Å². The number of hydrogen-bond acceptors (Lipinski definition) is 8. The third-order valence-corrected chi connectivity index (χ3v) is 7.60. The van der Waals surface area contributed by atoms with Crippen molar-refractivity contribution in [3.8, 4) is 0 Å². The maximum absolute atomic E-state index is 14.4. The Kier molecular flexibility index (Phi) is 11.8. The van der Waals surface area contributed by atoms with Gasteiger partial charge in [0.05, 0.1) is 11.5 Å². The zero-order valence-corrected chi connectivity index (χ0v) is 22.2. The number of carbonyl (C=O) groups excluding carboxylic acids is 2. The Bertz CT molecular complexity index is 1110. The van der Waals surface area contributed by atoms with E-state index in [-0.39, 0.29) is 24.2 Å². The Morgan fingerprint density at radius 2 is 0.975 bits per heavy atom. The number of aliphatic carboxylic acids is 2. The first-order chi connectivity index (χ1) is 18.7. The predicted molar refractivity (Wildman–Crippen MR) is 141 cm³/mol. The van der Waals surface area contributed by atoms with E-state index in [2.05, 4.69) is 0 Å². The molecule has 0 fully saturated rings. The summed E-state index contributed by atoms with van der Waals surface area (Å²) in [5.41, 5.74) is 11.8. The summed E-state index contributed by atoms with van der Waals surface area (Å²) in [6.45, 7) is 0.229. The van der Waals surface area contributed by atoms with Crippen molar-refractivity contribution in [3.63, 3.8) is 0 Å². The molecule has 0 aliphatic rings. The third-order valence-electron chi connectivity index (χ3n) is 5.47. The summed E-state index contributed by atoms with van der Waals surface area (Å²) < 4.78 is 57.5. The van der Waals surface area contributed by atoms with Crippen molar-refractivity contribution < 1.29 is 47.0 Å². The van der Waals surface area contributed by atoms with Gasteiger partial charge < -0.3 is 32.3 Å². The number of halogens is 4. The predicted octanol–water partition coefficient (Wildman–Crippen LogP) is 2.44. The third kappa shape index (κ3) is 8.58. The normalized spacial score (nSPS) is 13.2. The summed E-state index contributed by atoms with van der Waals surface area (Å²) >= 11 is 0. The molecule has 0 bridgehead atoms. The zero-order chi connectivity index (χ0) is 30.1. The van der Waals surface area contributed by atoms with Crippen LogP contribution in [0, 0.1) is 0 Å². The molecule has 2 atom stereocenters. The van der Waals surface area contributed by atoms with Crippen molar-refractivity contribution >= 4 is 45.3 Å². The topological polar surface area (TPSA) is 185 Å². The van der Waals surface area contributed by atoms with E-state index in [1.807, 2.05) is 10.6 Å². The molecule has 0 spiro atoms. The molecule has 2 aromatic rings. The Hall–Kier alpha value is -3.34. The number of nitrogens with two attached hydrogens (primary N) is 2. The van der Waals surface area contributed by atoms with Crippen LogP contribution in [0.25, 0.3) is 0 Å². The lowest BCUT2D eigenvalue weighted by molar-refractivity contribution is -0.170. The van der Waals surface area contributed by atoms with Crippen LogP contribution < -0.4 is 22.1 Å². The van der Waals surface area contributed by atoms with Crippen LogP contribution >= 0.6 is 21.6 Å². The first kappa shape index (κ1) is 32.9. The molecule has 0 saturated heterocycles. The molecule has 40 heavy (non-hydrogen) atoms. The van der Waals surface area contributed by atoms with E-state index in [0.717, 1.165) is 0 Å². The van der Waals surface area contributed by atoms with Gasteiger partial charge in [0.15, 0.2) is 0 Å². The fourth-order valence-electron chi connectivity index (χ4n) is 3.30. The first-order valence-electron chi connectivity index (χ1n) is 11.4. The highest BCUT2D eigenvalue weighted by molar-refractivity contribution is 8.77.